The molecule has 0 saturated carbocycles. The summed E-state index contributed by atoms with van der Waals surface area (Å²) in [6.45, 7) is 1.77. The number of likely N-dealkylation sites (N-methyl/N-ethyl adjacent to an activating group) is 1. The highest BCUT2D eigenvalue weighted by Crippen LogP contribution is 2.36. The van der Waals surface area contributed by atoms with Crippen LogP contribution in [-0.2, 0) is 11.2 Å². The first-order chi connectivity index (χ1) is 14.0. The Bertz CT molecular complexity index is 1030. The largest absolute Gasteiger partial charge is 0.383 e. The molecular weight excluding hydrogens is 366 g/mol. The van der Waals surface area contributed by atoms with E-state index in [1.807, 2.05) is 54.6 Å². The number of fused-ring (bicyclic) bond motifs is 2. The van der Waals surface area contributed by atoms with Crippen LogP contribution in [0.3, 0.4) is 0 Å². The lowest BCUT2D eigenvalue weighted by Crippen LogP contribution is -2.47. The smallest absolute Gasteiger partial charge is 0.268 e. The minimum atomic E-state index is -1.04. The second-order valence-corrected chi connectivity index (χ2v) is 7.57. The number of aromatic amines is 1. The van der Waals surface area contributed by atoms with E-state index in [0.29, 0.717) is 18.5 Å². The van der Waals surface area contributed by atoms with Crippen LogP contribution in [0.1, 0.15) is 41.0 Å². The van der Waals surface area contributed by atoms with E-state index in [0.717, 1.165) is 22.0 Å². The summed E-state index contributed by atoms with van der Waals surface area (Å²) in [7, 11) is 1.69. The molecule has 2 amide bonds. The number of aliphatic hydroxyl groups excluding tert-OH is 1. The van der Waals surface area contributed by atoms with Crippen molar-refractivity contribution in [2.24, 2.45) is 0 Å². The van der Waals surface area contributed by atoms with E-state index in [1.165, 1.54) is 0 Å². The molecule has 0 radical (unpaired) electrons. The Morgan fingerprint density at radius 3 is 2.69 bits per heavy atom. The lowest BCUT2D eigenvalue weighted by molar-refractivity contribution is -0.141. The summed E-state index contributed by atoms with van der Waals surface area (Å²) in [6.07, 6.45) is -0.0613. The molecule has 3 atom stereocenters. The van der Waals surface area contributed by atoms with Crippen molar-refractivity contribution in [3.63, 3.8) is 0 Å². The first-order valence-electron chi connectivity index (χ1n) is 9.90. The van der Waals surface area contributed by atoms with Crippen molar-refractivity contribution in [3.8, 4) is 0 Å². The van der Waals surface area contributed by atoms with E-state index in [-0.39, 0.29) is 23.9 Å². The summed E-state index contributed by atoms with van der Waals surface area (Å²) >= 11 is 0. The van der Waals surface area contributed by atoms with Crippen molar-refractivity contribution in [1.82, 2.24) is 15.2 Å². The molecule has 3 N–H and O–H groups in total. The van der Waals surface area contributed by atoms with Gasteiger partial charge in [0.2, 0.25) is 0 Å². The number of nitrogens with one attached hydrogen (secondary N) is 2. The Hall–Kier alpha value is -3.12. The molecule has 0 aliphatic heterocycles. The highest BCUT2D eigenvalue weighted by Gasteiger charge is 2.39. The molecule has 4 rings (SSSR count). The van der Waals surface area contributed by atoms with Gasteiger partial charge in [0.1, 0.15) is 11.8 Å². The number of rotatable bonds is 5. The summed E-state index contributed by atoms with van der Waals surface area (Å²) < 4.78 is 0. The van der Waals surface area contributed by atoms with Crippen molar-refractivity contribution in [1.29, 1.82) is 0 Å². The van der Waals surface area contributed by atoms with Gasteiger partial charge in [-0.2, -0.15) is 0 Å². The molecule has 0 bridgehead atoms. The van der Waals surface area contributed by atoms with Crippen LogP contribution in [0.15, 0.2) is 54.6 Å². The summed E-state index contributed by atoms with van der Waals surface area (Å²) in [5.41, 5.74) is 3.50. The van der Waals surface area contributed by atoms with Crippen LogP contribution in [0, 0.1) is 0 Å². The Labute approximate surface area is 169 Å². The Kier molecular flexibility index (Phi) is 5.11. The van der Waals surface area contributed by atoms with Gasteiger partial charge in [-0.25, -0.2) is 0 Å². The number of para-hydroxylation sites is 1. The highest BCUT2D eigenvalue weighted by atomic mass is 16.3. The number of carbonyl (C=O) groups is 2. The van der Waals surface area contributed by atoms with Gasteiger partial charge in [0.25, 0.3) is 11.8 Å². The van der Waals surface area contributed by atoms with Crippen LogP contribution in [0.2, 0.25) is 0 Å². The first-order valence-corrected chi connectivity index (χ1v) is 9.90. The molecular formula is C23H25N3O3. The lowest BCUT2D eigenvalue weighted by Gasteiger charge is -2.32. The number of H-pyrrole nitrogens is 1. The third-order valence-corrected chi connectivity index (χ3v) is 5.72. The fourth-order valence-corrected chi connectivity index (χ4v) is 4.17. The lowest BCUT2D eigenvalue weighted by atomic mass is 10.0. The van der Waals surface area contributed by atoms with E-state index >= 15 is 0 Å². The summed E-state index contributed by atoms with van der Waals surface area (Å²) in [5, 5.41) is 14.1. The zero-order valence-electron chi connectivity index (χ0n) is 16.6. The van der Waals surface area contributed by atoms with Gasteiger partial charge in [-0.05, 0) is 36.1 Å². The van der Waals surface area contributed by atoms with Crippen LogP contribution in [0.25, 0.3) is 10.9 Å². The fraction of sp³-hybridized carbons (Fsp3) is 0.304. The highest BCUT2D eigenvalue weighted by molar-refractivity contribution is 5.98. The Balaban J connectivity index is 1.61. The molecule has 6 heteroatoms. The molecule has 1 heterocycles. The van der Waals surface area contributed by atoms with Crippen molar-refractivity contribution in [3.05, 3.63) is 71.4 Å². The van der Waals surface area contributed by atoms with Crippen molar-refractivity contribution >= 4 is 22.7 Å². The zero-order valence-corrected chi connectivity index (χ0v) is 16.6. The van der Waals surface area contributed by atoms with Crippen LogP contribution < -0.4 is 5.32 Å². The minimum absolute atomic E-state index is 0.208. The molecule has 0 spiro atoms. The number of hydrogen-bond acceptors (Lipinski definition) is 3. The van der Waals surface area contributed by atoms with Gasteiger partial charge in [-0.15, -0.1) is 0 Å². The maximum atomic E-state index is 13.0. The number of amides is 2. The van der Waals surface area contributed by atoms with E-state index in [1.54, 1.807) is 18.9 Å². The maximum absolute atomic E-state index is 13.0. The standard InChI is InChI=1S/C23H25N3O3/c1-3-20(27)23(29)26(2)21-16-10-6-4-8-14(16)12-18(21)25-22(28)19-13-15-9-5-7-11-17(15)24-19/h4-11,13,18,20-21,24,27H,3,12H2,1-2H3,(H,25,28)/t18-,20+,21-/m1/s1. The van der Waals surface area contributed by atoms with Crippen molar-refractivity contribution in [2.75, 3.05) is 7.05 Å². The number of aliphatic hydroxyl groups is 1. The number of benzene rings is 2. The van der Waals surface area contributed by atoms with Gasteiger partial charge in [0.15, 0.2) is 0 Å². The van der Waals surface area contributed by atoms with Gasteiger partial charge in [-0.1, -0.05) is 49.4 Å². The van der Waals surface area contributed by atoms with E-state index in [9.17, 15) is 14.7 Å². The molecule has 1 aliphatic rings. The number of nitrogens with zero attached hydrogens (tertiary/aromatic N) is 1. The van der Waals surface area contributed by atoms with Gasteiger partial charge in [0, 0.05) is 18.0 Å². The second-order valence-electron chi connectivity index (χ2n) is 7.57. The van der Waals surface area contributed by atoms with Crippen LogP contribution >= 0.6 is 0 Å². The Morgan fingerprint density at radius 2 is 1.93 bits per heavy atom. The Morgan fingerprint density at radius 1 is 1.21 bits per heavy atom. The van der Waals surface area contributed by atoms with Crippen LogP contribution in [-0.4, -0.2) is 46.0 Å². The molecule has 2 aromatic carbocycles. The molecule has 150 valence electrons. The molecule has 0 fully saturated rings. The van der Waals surface area contributed by atoms with Gasteiger partial charge in [0.05, 0.1) is 12.1 Å². The first kappa shape index (κ1) is 19.2. The predicted octanol–water partition coefficient (Wildman–Crippen LogP) is 2.79. The van der Waals surface area contributed by atoms with Gasteiger partial charge < -0.3 is 20.3 Å². The minimum Gasteiger partial charge on any atom is -0.383 e. The fourth-order valence-electron chi connectivity index (χ4n) is 4.17. The quantitative estimate of drug-likeness (QED) is 0.625. The third-order valence-electron chi connectivity index (χ3n) is 5.72. The molecule has 0 unspecified atom stereocenters. The van der Waals surface area contributed by atoms with E-state index < -0.39 is 6.10 Å². The van der Waals surface area contributed by atoms with Gasteiger partial charge in [-0.3, -0.25) is 9.59 Å². The number of hydrogen-bond donors (Lipinski definition) is 3. The number of carbonyl (C=O) groups excluding carboxylic acids is 2. The molecule has 29 heavy (non-hydrogen) atoms. The predicted molar refractivity (Wildman–Crippen MR) is 112 cm³/mol. The summed E-state index contributed by atoms with van der Waals surface area (Å²) in [4.78, 5) is 30.3. The third kappa shape index (κ3) is 3.51. The average molecular weight is 391 g/mol. The van der Waals surface area contributed by atoms with Gasteiger partial charge >= 0.3 is 0 Å². The van der Waals surface area contributed by atoms with Crippen molar-refractivity contribution in [2.45, 2.75) is 38.0 Å². The normalized spacial score (nSPS) is 19.0. The molecule has 6 nitrogen and oxygen atoms in total. The van der Waals surface area contributed by atoms with Crippen molar-refractivity contribution < 1.29 is 14.7 Å². The van der Waals surface area contributed by atoms with E-state index in [4.69, 9.17) is 0 Å². The SMILES string of the molecule is CC[C@H](O)C(=O)N(C)[C@@H]1c2ccccc2C[C@H]1NC(=O)c1cc2ccccc2[nH]1. The molecule has 3 aromatic rings. The topological polar surface area (TPSA) is 85.4 Å². The maximum Gasteiger partial charge on any atom is 0.268 e. The van der Waals surface area contributed by atoms with Crippen LogP contribution in [0.4, 0.5) is 0 Å². The van der Waals surface area contributed by atoms with Crippen LogP contribution in [0.5, 0.6) is 0 Å². The molecule has 1 aromatic heterocycles. The second kappa shape index (κ2) is 7.72. The zero-order chi connectivity index (χ0) is 20.5. The summed E-state index contributed by atoms with van der Waals surface area (Å²) in [5.74, 6) is -0.542. The number of aromatic nitrogens is 1. The molecule has 0 saturated heterocycles. The molecule has 1 aliphatic carbocycles. The van der Waals surface area contributed by atoms with E-state index in [2.05, 4.69) is 10.3 Å². The average Bonchev–Trinajstić information content (AvgIpc) is 3.33. The summed E-state index contributed by atoms with van der Waals surface area (Å²) in [6, 6.07) is 16.9. The monoisotopic (exact) mass is 391 g/mol.